The van der Waals surface area contributed by atoms with Gasteiger partial charge in [-0.1, -0.05) is 48.5 Å². The summed E-state index contributed by atoms with van der Waals surface area (Å²) in [6, 6.07) is 20.6. The maximum atomic E-state index is 12.8. The quantitative estimate of drug-likeness (QED) is 0.359. The van der Waals surface area contributed by atoms with E-state index in [2.05, 4.69) is 4.98 Å². The van der Waals surface area contributed by atoms with Crippen molar-refractivity contribution in [1.29, 1.82) is 0 Å². The SMILES string of the molecule is CN(C(=O)/C=C/c1ccc(SC(F)(F)F)cc1)C(c1ccccc1)c1ccccn1. The second-order valence-electron chi connectivity index (χ2n) is 6.47. The van der Waals surface area contributed by atoms with Gasteiger partial charge in [0.2, 0.25) is 5.91 Å². The van der Waals surface area contributed by atoms with Crippen LogP contribution in [-0.4, -0.2) is 28.3 Å². The summed E-state index contributed by atoms with van der Waals surface area (Å²) < 4.78 is 37.3. The first-order valence-electron chi connectivity index (χ1n) is 9.10. The van der Waals surface area contributed by atoms with Crippen molar-refractivity contribution < 1.29 is 18.0 Å². The van der Waals surface area contributed by atoms with Gasteiger partial charge in [-0.2, -0.15) is 13.2 Å². The standard InChI is InChI=1S/C23H19F3N2OS/c1-28(22(18-7-3-2-4-8-18)20-9-5-6-16-27-20)21(29)15-12-17-10-13-19(14-11-17)30-23(24,25)26/h2-16,22H,1H3/b15-12+. The maximum Gasteiger partial charge on any atom is 0.446 e. The molecular formula is C23H19F3N2OS. The summed E-state index contributed by atoms with van der Waals surface area (Å²) in [5.74, 6) is -0.247. The van der Waals surface area contributed by atoms with Gasteiger partial charge < -0.3 is 4.90 Å². The number of hydrogen-bond donors (Lipinski definition) is 0. The van der Waals surface area contributed by atoms with Gasteiger partial charge in [0, 0.05) is 24.2 Å². The van der Waals surface area contributed by atoms with Gasteiger partial charge in [0.15, 0.2) is 0 Å². The molecule has 0 fully saturated rings. The van der Waals surface area contributed by atoms with E-state index >= 15 is 0 Å². The molecule has 1 atom stereocenters. The van der Waals surface area contributed by atoms with Crippen LogP contribution in [0, 0.1) is 0 Å². The normalized spacial score (nSPS) is 12.7. The van der Waals surface area contributed by atoms with Gasteiger partial charge >= 0.3 is 5.51 Å². The highest BCUT2D eigenvalue weighted by Crippen LogP contribution is 2.36. The molecule has 0 saturated carbocycles. The lowest BCUT2D eigenvalue weighted by molar-refractivity contribution is -0.126. The van der Waals surface area contributed by atoms with Crippen LogP contribution in [0.5, 0.6) is 0 Å². The van der Waals surface area contributed by atoms with Crippen molar-refractivity contribution in [2.45, 2.75) is 16.4 Å². The maximum absolute atomic E-state index is 12.8. The van der Waals surface area contributed by atoms with Crippen LogP contribution < -0.4 is 0 Å². The molecule has 0 radical (unpaired) electrons. The Bertz CT molecular complexity index is 951. The zero-order valence-electron chi connectivity index (χ0n) is 16.1. The third kappa shape index (κ3) is 5.97. The Morgan fingerprint density at radius 2 is 1.67 bits per heavy atom. The minimum atomic E-state index is -4.33. The number of likely N-dealkylation sites (N-methyl/N-ethyl adjacent to an activating group) is 1. The Balaban J connectivity index is 1.77. The first-order valence-corrected chi connectivity index (χ1v) is 9.92. The van der Waals surface area contributed by atoms with Crippen LogP contribution in [-0.2, 0) is 4.79 Å². The average molecular weight is 428 g/mol. The van der Waals surface area contributed by atoms with E-state index in [9.17, 15) is 18.0 Å². The fourth-order valence-electron chi connectivity index (χ4n) is 2.96. The van der Waals surface area contributed by atoms with E-state index in [4.69, 9.17) is 0 Å². The highest BCUT2D eigenvalue weighted by molar-refractivity contribution is 8.00. The third-order valence-electron chi connectivity index (χ3n) is 4.35. The van der Waals surface area contributed by atoms with Crippen LogP contribution in [0.2, 0.25) is 0 Å². The summed E-state index contributed by atoms with van der Waals surface area (Å²) in [5, 5.41) is 0. The fourth-order valence-corrected chi connectivity index (χ4v) is 3.50. The molecule has 2 aromatic carbocycles. The van der Waals surface area contributed by atoms with E-state index < -0.39 is 5.51 Å². The lowest BCUT2D eigenvalue weighted by atomic mass is 10.0. The Morgan fingerprint density at radius 1 is 1.00 bits per heavy atom. The summed E-state index contributed by atoms with van der Waals surface area (Å²) >= 11 is -0.168. The van der Waals surface area contributed by atoms with E-state index in [0.717, 1.165) is 11.3 Å². The van der Waals surface area contributed by atoms with E-state index in [1.165, 1.54) is 18.2 Å². The molecule has 30 heavy (non-hydrogen) atoms. The summed E-state index contributed by atoms with van der Waals surface area (Å²) in [7, 11) is 1.70. The van der Waals surface area contributed by atoms with Crippen molar-refractivity contribution in [3.05, 3.63) is 102 Å². The van der Waals surface area contributed by atoms with Gasteiger partial charge in [0.1, 0.15) is 0 Å². The van der Waals surface area contributed by atoms with E-state index in [1.807, 2.05) is 48.5 Å². The Kier molecular flexibility index (Phi) is 6.95. The van der Waals surface area contributed by atoms with Crippen LogP contribution in [0.25, 0.3) is 6.08 Å². The number of pyridine rings is 1. The first-order chi connectivity index (χ1) is 14.3. The van der Waals surface area contributed by atoms with Crippen molar-refractivity contribution in [3.63, 3.8) is 0 Å². The summed E-state index contributed by atoms with van der Waals surface area (Å²) in [5.41, 5.74) is -2.03. The average Bonchev–Trinajstić information content (AvgIpc) is 2.73. The number of rotatable bonds is 6. The lowest BCUT2D eigenvalue weighted by Gasteiger charge is -2.27. The minimum Gasteiger partial charge on any atom is -0.329 e. The molecule has 0 aliphatic heterocycles. The van der Waals surface area contributed by atoms with Crippen LogP contribution >= 0.6 is 11.8 Å². The molecule has 1 aromatic heterocycles. The number of amides is 1. The van der Waals surface area contributed by atoms with Crippen LogP contribution in [0.4, 0.5) is 13.2 Å². The molecule has 0 N–H and O–H groups in total. The zero-order chi connectivity index (χ0) is 21.6. The van der Waals surface area contributed by atoms with Crippen molar-refractivity contribution in [1.82, 2.24) is 9.88 Å². The van der Waals surface area contributed by atoms with Crippen molar-refractivity contribution in [2.75, 3.05) is 7.05 Å². The highest BCUT2D eigenvalue weighted by Gasteiger charge is 2.29. The predicted octanol–water partition coefficient (Wildman–Crippen LogP) is 5.95. The number of aromatic nitrogens is 1. The molecule has 1 unspecified atom stereocenters. The number of carbonyl (C=O) groups excluding carboxylic acids is 1. The lowest BCUT2D eigenvalue weighted by Crippen LogP contribution is -2.31. The van der Waals surface area contributed by atoms with Crippen molar-refractivity contribution >= 4 is 23.7 Å². The van der Waals surface area contributed by atoms with Gasteiger partial charge in [0.25, 0.3) is 0 Å². The van der Waals surface area contributed by atoms with Crippen LogP contribution in [0.15, 0.2) is 90.0 Å². The van der Waals surface area contributed by atoms with Crippen LogP contribution in [0.3, 0.4) is 0 Å². The predicted molar refractivity (Wildman–Crippen MR) is 113 cm³/mol. The number of halogens is 3. The van der Waals surface area contributed by atoms with Gasteiger partial charge in [-0.25, -0.2) is 0 Å². The topological polar surface area (TPSA) is 33.2 Å². The molecule has 3 aromatic rings. The molecule has 0 bridgehead atoms. The van der Waals surface area contributed by atoms with E-state index in [-0.39, 0.29) is 28.6 Å². The molecule has 154 valence electrons. The molecule has 1 heterocycles. The number of nitrogens with zero attached hydrogens (tertiary/aromatic N) is 2. The molecule has 0 aliphatic carbocycles. The number of benzene rings is 2. The Morgan fingerprint density at radius 3 is 2.27 bits per heavy atom. The number of alkyl halides is 3. The second-order valence-corrected chi connectivity index (χ2v) is 7.61. The highest BCUT2D eigenvalue weighted by atomic mass is 32.2. The summed E-state index contributed by atoms with van der Waals surface area (Å²) in [6.45, 7) is 0. The van der Waals surface area contributed by atoms with Crippen LogP contribution in [0.1, 0.15) is 22.9 Å². The van der Waals surface area contributed by atoms with E-state index in [0.29, 0.717) is 5.56 Å². The molecule has 1 amide bonds. The molecular weight excluding hydrogens is 409 g/mol. The molecule has 0 saturated heterocycles. The first kappa shape index (κ1) is 21.6. The number of thioether (sulfide) groups is 1. The molecule has 7 heteroatoms. The third-order valence-corrected chi connectivity index (χ3v) is 5.09. The molecule has 0 aliphatic rings. The zero-order valence-corrected chi connectivity index (χ0v) is 16.9. The Hall–Kier alpha value is -3.06. The second kappa shape index (κ2) is 9.63. The monoisotopic (exact) mass is 428 g/mol. The summed E-state index contributed by atoms with van der Waals surface area (Å²) in [6.07, 6.45) is 4.67. The number of hydrogen-bond acceptors (Lipinski definition) is 3. The number of carbonyl (C=O) groups is 1. The fraction of sp³-hybridized carbons (Fsp3) is 0.130. The molecule has 3 rings (SSSR count). The summed E-state index contributed by atoms with van der Waals surface area (Å²) in [4.78, 5) is 18.9. The van der Waals surface area contributed by atoms with Gasteiger partial charge in [0.05, 0.1) is 11.7 Å². The smallest absolute Gasteiger partial charge is 0.329 e. The Labute approximate surface area is 177 Å². The van der Waals surface area contributed by atoms with Gasteiger partial charge in [-0.3, -0.25) is 9.78 Å². The van der Waals surface area contributed by atoms with Crippen molar-refractivity contribution in [3.8, 4) is 0 Å². The van der Waals surface area contributed by atoms with Crippen molar-refractivity contribution in [2.24, 2.45) is 0 Å². The largest absolute Gasteiger partial charge is 0.446 e. The molecule has 3 nitrogen and oxygen atoms in total. The van der Waals surface area contributed by atoms with Gasteiger partial charge in [-0.15, -0.1) is 0 Å². The minimum absolute atomic E-state index is 0.0994. The van der Waals surface area contributed by atoms with E-state index in [1.54, 1.807) is 36.4 Å². The van der Waals surface area contributed by atoms with Gasteiger partial charge in [-0.05, 0) is 53.2 Å². The molecule has 0 spiro atoms.